The second kappa shape index (κ2) is 7.58. The summed E-state index contributed by atoms with van der Waals surface area (Å²) in [7, 11) is 0. The number of nitriles is 1. The highest BCUT2D eigenvalue weighted by Gasteiger charge is 2.51. The number of carbonyl (C=O) groups excluding carboxylic acids is 1. The molecule has 3 aromatic rings. The zero-order valence-electron chi connectivity index (χ0n) is 18.3. The summed E-state index contributed by atoms with van der Waals surface area (Å²) in [5.41, 5.74) is 1.47. The molecule has 3 atom stereocenters. The topological polar surface area (TPSA) is 97.4 Å². The van der Waals surface area contributed by atoms with Crippen molar-refractivity contribution in [1.29, 1.82) is 5.26 Å². The maximum Gasteiger partial charge on any atom is 0.433 e. The summed E-state index contributed by atoms with van der Waals surface area (Å²) in [4.78, 5) is 24.6. The van der Waals surface area contributed by atoms with Gasteiger partial charge in [-0.15, -0.1) is 0 Å². The summed E-state index contributed by atoms with van der Waals surface area (Å²) in [5, 5.41) is 14.4. The minimum absolute atomic E-state index is 0.0842. The van der Waals surface area contributed by atoms with Gasteiger partial charge in [-0.2, -0.15) is 23.5 Å². The molecule has 0 aromatic carbocycles. The van der Waals surface area contributed by atoms with Crippen LogP contribution in [0.3, 0.4) is 0 Å². The van der Waals surface area contributed by atoms with E-state index < -0.39 is 17.3 Å². The van der Waals surface area contributed by atoms with Crippen LogP contribution in [0, 0.1) is 23.2 Å². The lowest BCUT2D eigenvalue weighted by molar-refractivity contribution is -0.141. The highest BCUT2D eigenvalue weighted by atomic mass is 19.4. The summed E-state index contributed by atoms with van der Waals surface area (Å²) in [5.74, 6) is -0.665. The third-order valence-electron chi connectivity index (χ3n) is 6.92. The number of allylic oxidation sites excluding steroid dienone is 2. The molecular formula is C24H19F3N6O. The minimum atomic E-state index is -4.56. The number of alkyl halides is 3. The first-order valence-corrected chi connectivity index (χ1v) is 10.7. The van der Waals surface area contributed by atoms with Crippen molar-refractivity contribution in [3.63, 3.8) is 0 Å². The average molecular weight is 464 g/mol. The molecule has 34 heavy (non-hydrogen) atoms. The zero-order chi connectivity index (χ0) is 24.3. The highest BCUT2D eigenvalue weighted by molar-refractivity contribution is 6.02. The smallest absolute Gasteiger partial charge is 0.293 e. The standard InChI is InChI=1S/C24H19F3N6O/c1-13-17-5-4-16-20(18-7-8-29-12-31-18)32-33(15-3-6-19(30-11-15)24(25,26)27)22(16)23(17,2)9-14(10-28)21(13)34/h3,6-9,11-13,17H,4-5H2,1-2H3/t13-,17-,23-/m1/s1. The second-order valence-corrected chi connectivity index (χ2v) is 8.83. The van der Waals surface area contributed by atoms with E-state index in [0.717, 1.165) is 23.5 Å². The van der Waals surface area contributed by atoms with Crippen LogP contribution in [-0.4, -0.2) is 30.5 Å². The first kappa shape index (κ1) is 21.9. The van der Waals surface area contributed by atoms with Crippen LogP contribution in [0.1, 0.15) is 37.2 Å². The number of ketones is 1. The van der Waals surface area contributed by atoms with Gasteiger partial charge in [0.05, 0.1) is 28.8 Å². The Bertz CT molecular complexity index is 1350. The van der Waals surface area contributed by atoms with Gasteiger partial charge in [0, 0.05) is 23.1 Å². The van der Waals surface area contributed by atoms with Gasteiger partial charge in [0.25, 0.3) is 0 Å². The lowest BCUT2D eigenvalue weighted by Crippen LogP contribution is -2.46. The first-order chi connectivity index (χ1) is 16.1. The Labute approximate surface area is 193 Å². The number of nitrogens with zero attached hydrogens (tertiary/aromatic N) is 6. The number of halogens is 3. The molecule has 0 amide bonds. The van der Waals surface area contributed by atoms with Crippen molar-refractivity contribution in [2.45, 2.75) is 38.3 Å². The summed E-state index contributed by atoms with van der Waals surface area (Å²) >= 11 is 0. The second-order valence-electron chi connectivity index (χ2n) is 8.83. The number of hydrogen-bond donors (Lipinski definition) is 0. The predicted molar refractivity (Wildman–Crippen MR) is 114 cm³/mol. The van der Waals surface area contributed by atoms with Crippen LogP contribution in [0.4, 0.5) is 13.2 Å². The van der Waals surface area contributed by atoms with Gasteiger partial charge < -0.3 is 0 Å². The normalized spacial score (nSPS) is 24.1. The molecule has 7 nitrogen and oxygen atoms in total. The lowest BCUT2D eigenvalue weighted by atomic mass is 9.58. The molecule has 0 spiro atoms. The fraction of sp³-hybridized carbons (Fsp3) is 0.333. The van der Waals surface area contributed by atoms with Crippen LogP contribution < -0.4 is 0 Å². The number of rotatable bonds is 2. The summed E-state index contributed by atoms with van der Waals surface area (Å²) < 4.78 is 40.9. The molecule has 0 saturated carbocycles. The van der Waals surface area contributed by atoms with Gasteiger partial charge in [0.15, 0.2) is 5.78 Å². The van der Waals surface area contributed by atoms with Gasteiger partial charge in [0.1, 0.15) is 23.8 Å². The van der Waals surface area contributed by atoms with Gasteiger partial charge in [-0.05, 0) is 37.0 Å². The van der Waals surface area contributed by atoms with Gasteiger partial charge in [-0.25, -0.2) is 19.6 Å². The van der Waals surface area contributed by atoms with Crippen molar-refractivity contribution < 1.29 is 18.0 Å². The molecule has 0 unspecified atom stereocenters. The Kier molecular flexibility index (Phi) is 4.90. The van der Waals surface area contributed by atoms with E-state index in [9.17, 15) is 23.2 Å². The van der Waals surface area contributed by atoms with E-state index in [2.05, 4.69) is 15.0 Å². The number of Topliss-reactive ketones (excluding diaryl/α,β-unsaturated/α-hetero) is 1. The molecule has 0 fully saturated rings. The van der Waals surface area contributed by atoms with Gasteiger partial charge in [-0.1, -0.05) is 19.9 Å². The van der Waals surface area contributed by atoms with Crippen LogP contribution in [0.2, 0.25) is 0 Å². The Morgan fingerprint density at radius 2 is 2.03 bits per heavy atom. The van der Waals surface area contributed by atoms with Crippen molar-refractivity contribution >= 4 is 5.78 Å². The Balaban J connectivity index is 1.78. The molecule has 0 saturated heterocycles. The van der Waals surface area contributed by atoms with E-state index >= 15 is 0 Å². The van der Waals surface area contributed by atoms with E-state index in [1.165, 1.54) is 12.4 Å². The molecule has 172 valence electrons. The predicted octanol–water partition coefficient (Wildman–Crippen LogP) is 4.23. The largest absolute Gasteiger partial charge is 0.433 e. The van der Waals surface area contributed by atoms with E-state index in [1.807, 2.05) is 19.9 Å². The van der Waals surface area contributed by atoms with Crippen molar-refractivity contribution in [3.05, 3.63) is 65.5 Å². The summed E-state index contributed by atoms with van der Waals surface area (Å²) in [6.07, 6.45) is 2.57. The van der Waals surface area contributed by atoms with Crippen LogP contribution >= 0.6 is 0 Å². The highest BCUT2D eigenvalue weighted by Crippen LogP contribution is 2.51. The molecule has 0 bridgehead atoms. The van der Waals surface area contributed by atoms with Crippen LogP contribution in [-0.2, 0) is 22.8 Å². The Hall–Kier alpha value is -3.87. The number of aromatic nitrogens is 5. The quantitative estimate of drug-likeness (QED) is 0.563. The van der Waals surface area contributed by atoms with Gasteiger partial charge >= 0.3 is 6.18 Å². The Morgan fingerprint density at radius 1 is 1.24 bits per heavy atom. The Morgan fingerprint density at radius 3 is 2.65 bits per heavy atom. The third kappa shape index (κ3) is 3.22. The minimum Gasteiger partial charge on any atom is -0.293 e. The molecule has 3 heterocycles. The molecule has 2 aliphatic rings. The van der Waals surface area contributed by atoms with Gasteiger partial charge in [-0.3, -0.25) is 4.79 Å². The maximum absolute atomic E-state index is 13.1. The fourth-order valence-corrected chi connectivity index (χ4v) is 5.35. The molecular weight excluding hydrogens is 445 g/mol. The molecule has 2 aliphatic carbocycles. The van der Waals surface area contributed by atoms with E-state index in [-0.39, 0.29) is 23.2 Å². The molecule has 0 aliphatic heterocycles. The van der Waals surface area contributed by atoms with E-state index in [1.54, 1.807) is 23.0 Å². The first-order valence-electron chi connectivity index (χ1n) is 10.7. The maximum atomic E-state index is 13.1. The number of fused-ring (bicyclic) bond motifs is 3. The zero-order valence-corrected chi connectivity index (χ0v) is 18.3. The fourth-order valence-electron chi connectivity index (χ4n) is 5.35. The van der Waals surface area contributed by atoms with Gasteiger partial charge in [0.2, 0.25) is 0 Å². The van der Waals surface area contributed by atoms with Crippen molar-refractivity contribution in [2.24, 2.45) is 11.8 Å². The van der Waals surface area contributed by atoms with Crippen molar-refractivity contribution in [1.82, 2.24) is 24.7 Å². The van der Waals surface area contributed by atoms with Crippen LogP contribution in [0.5, 0.6) is 0 Å². The van der Waals surface area contributed by atoms with Crippen molar-refractivity contribution in [2.75, 3.05) is 0 Å². The summed E-state index contributed by atoms with van der Waals surface area (Å²) in [6.45, 7) is 3.78. The van der Waals surface area contributed by atoms with E-state index in [4.69, 9.17) is 5.10 Å². The number of hydrogen-bond acceptors (Lipinski definition) is 6. The molecule has 3 aromatic heterocycles. The molecule has 0 radical (unpaired) electrons. The lowest BCUT2D eigenvalue weighted by Gasteiger charge is -2.45. The summed E-state index contributed by atoms with van der Waals surface area (Å²) in [6, 6.07) is 5.98. The molecule has 5 rings (SSSR count). The number of carbonyl (C=O) groups is 1. The van der Waals surface area contributed by atoms with E-state index in [0.29, 0.717) is 29.9 Å². The van der Waals surface area contributed by atoms with Crippen LogP contribution in [0.15, 0.2) is 48.6 Å². The molecule has 10 heteroatoms. The average Bonchev–Trinajstić information content (AvgIpc) is 3.23. The van der Waals surface area contributed by atoms with Crippen LogP contribution in [0.25, 0.3) is 17.1 Å². The molecule has 0 N–H and O–H groups in total. The van der Waals surface area contributed by atoms with Crippen molar-refractivity contribution in [3.8, 4) is 23.1 Å². The number of pyridine rings is 1. The SMILES string of the molecule is C[C@H]1C(=O)C(C#N)=C[C@@]2(C)c3c(c(-c4ccncn4)nn3-c3ccc(C(F)(F)F)nc3)CC[C@H]12. The monoisotopic (exact) mass is 464 g/mol. The third-order valence-corrected chi connectivity index (χ3v) is 6.92.